The third-order valence-electron chi connectivity index (χ3n) is 2.94. The standard InChI is InChI=1S/C18H16FNO3/c19-16-8-4-7-14(11-16)9-10-18(22)23-13-17(21)20-12-15-5-2-1-3-6-15/h1-11H,12-13H2,(H,20,21)/b10-9+. The normalized spacial score (nSPS) is 10.5. The molecule has 1 N–H and O–H groups in total. The molecule has 4 nitrogen and oxygen atoms in total. The van der Waals surface area contributed by atoms with E-state index in [0.29, 0.717) is 12.1 Å². The van der Waals surface area contributed by atoms with Gasteiger partial charge in [-0.15, -0.1) is 0 Å². The van der Waals surface area contributed by atoms with Crippen molar-refractivity contribution in [3.8, 4) is 0 Å². The summed E-state index contributed by atoms with van der Waals surface area (Å²) < 4.78 is 17.8. The van der Waals surface area contributed by atoms with E-state index in [0.717, 1.165) is 11.6 Å². The number of rotatable bonds is 6. The Morgan fingerprint density at radius 1 is 1.09 bits per heavy atom. The Bertz CT molecular complexity index is 698. The molecule has 118 valence electrons. The number of ether oxygens (including phenoxy) is 1. The Morgan fingerprint density at radius 2 is 1.87 bits per heavy atom. The van der Waals surface area contributed by atoms with Gasteiger partial charge in [0.1, 0.15) is 5.82 Å². The number of nitrogens with one attached hydrogen (secondary N) is 1. The molecule has 1 amide bonds. The Kier molecular flexibility index (Phi) is 6.06. The largest absolute Gasteiger partial charge is 0.452 e. The van der Waals surface area contributed by atoms with Gasteiger partial charge in [-0.05, 0) is 29.3 Å². The highest BCUT2D eigenvalue weighted by Crippen LogP contribution is 2.05. The first-order chi connectivity index (χ1) is 11.1. The van der Waals surface area contributed by atoms with Gasteiger partial charge in [0.05, 0.1) is 0 Å². The van der Waals surface area contributed by atoms with Crippen LogP contribution < -0.4 is 5.32 Å². The first-order valence-corrected chi connectivity index (χ1v) is 7.04. The predicted molar refractivity (Wildman–Crippen MR) is 84.7 cm³/mol. The molecule has 0 saturated heterocycles. The number of esters is 1. The summed E-state index contributed by atoms with van der Waals surface area (Å²) in [5.74, 6) is -1.44. The number of amides is 1. The molecular weight excluding hydrogens is 297 g/mol. The number of carbonyl (C=O) groups is 2. The molecule has 0 aromatic heterocycles. The monoisotopic (exact) mass is 313 g/mol. The predicted octanol–water partition coefficient (Wildman–Crippen LogP) is 2.70. The molecule has 0 aliphatic carbocycles. The van der Waals surface area contributed by atoms with Crippen molar-refractivity contribution < 1.29 is 18.7 Å². The fraction of sp³-hybridized carbons (Fsp3) is 0.111. The topological polar surface area (TPSA) is 55.4 Å². The van der Waals surface area contributed by atoms with E-state index in [4.69, 9.17) is 4.74 Å². The van der Waals surface area contributed by atoms with E-state index < -0.39 is 5.97 Å². The third kappa shape index (κ3) is 6.13. The van der Waals surface area contributed by atoms with Gasteiger partial charge in [-0.2, -0.15) is 0 Å². The quantitative estimate of drug-likeness (QED) is 0.659. The van der Waals surface area contributed by atoms with Gasteiger partial charge in [-0.1, -0.05) is 42.5 Å². The van der Waals surface area contributed by atoms with Crippen LogP contribution in [0.5, 0.6) is 0 Å². The van der Waals surface area contributed by atoms with Gasteiger partial charge in [0.2, 0.25) is 0 Å². The van der Waals surface area contributed by atoms with Crippen LogP contribution in [0.1, 0.15) is 11.1 Å². The Hall–Kier alpha value is -2.95. The van der Waals surface area contributed by atoms with E-state index in [1.165, 1.54) is 24.3 Å². The van der Waals surface area contributed by atoms with Crippen molar-refractivity contribution in [2.45, 2.75) is 6.54 Å². The maximum Gasteiger partial charge on any atom is 0.331 e. The lowest BCUT2D eigenvalue weighted by Gasteiger charge is -2.05. The van der Waals surface area contributed by atoms with E-state index in [9.17, 15) is 14.0 Å². The molecule has 5 heteroatoms. The fourth-order valence-electron chi connectivity index (χ4n) is 1.81. The van der Waals surface area contributed by atoms with Crippen molar-refractivity contribution in [1.29, 1.82) is 0 Å². The van der Waals surface area contributed by atoms with E-state index in [2.05, 4.69) is 5.32 Å². The molecule has 0 spiro atoms. The van der Waals surface area contributed by atoms with E-state index in [1.807, 2.05) is 30.3 Å². The number of halogens is 1. The van der Waals surface area contributed by atoms with Crippen LogP contribution in [0, 0.1) is 5.82 Å². The maximum absolute atomic E-state index is 13.0. The summed E-state index contributed by atoms with van der Waals surface area (Å²) in [7, 11) is 0. The van der Waals surface area contributed by atoms with Crippen LogP contribution in [0.15, 0.2) is 60.7 Å². The third-order valence-corrected chi connectivity index (χ3v) is 2.94. The summed E-state index contributed by atoms with van der Waals surface area (Å²) in [5.41, 5.74) is 1.49. The number of carbonyl (C=O) groups excluding carboxylic acids is 2. The van der Waals surface area contributed by atoms with Crippen LogP contribution >= 0.6 is 0 Å². The zero-order chi connectivity index (χ0) is 16.5. The summed E-state index contributed by atoms with van der Waals surface area (Å²) in [4.78, 5) is 23.1. The number of benzene rings is 2. The highest BCUT2D eigenvalue weighted by atomic mass is 19.1. The maximum atomic E-state index is 13.0. The Morgan fingerprint density at radius 3 is 2.61 bits per heavy atom. The average Bonchev–Trinajstić information content (AvgIpc) is 2.57. The van der Waals surface area contributed by atoms with Crippen molar-refractivity contribution >= 4 is 18.0 Å². The summed E-state index contributed by atoms with van der Waals surface area (Å²) in [6.07, 6.45) is 2.58. The average molecular weight is 313 g/mol. The molecule has 0 unspecified atom stereocenters. The fourth-order valence-corrected chi connectivity index (χ4v) is 1.81. The second kappa shape index (κ2) is 8.48. The van der Waals surface area contributed by atoms with Gasteiger partial charge in [-0.25, -0.2) is 9.18 Å². The van der Waals surface area contributed by atoms with Crippen molar-refractivity contribution in [3.63, 3.8) is 0 Å². The van der Waals surface area contributed by atoms with Crippen LogP contribution in [0.4, 0.5) is 4.39 Å². The van der Waals surface area contributed by atoms with Gasteiger partial charge < -0.3 is 10.1 Å². The lowest BCUT2D eigenvalue weighted by molar-refractivity contribution is -0.143. The first kappa shape index (κ1) is 16.4. The van der Waals surface area contributed by atoms with Gasteiger partial charge in [0.25, 0.3) is 5.91 Å². The smallest absolute Gasteiger partial charge is 0.331 e. The summed E-state index contributed by atoms with van der Waals surface area (Å²) in [6, 6.07) is 15.2. The van der Waals surface area contributed by atoms with Crippen LogP contribution in [0.2, 0.25) is 0 Å². The minimum atomic E-state index is -0.663. The number of hydrogen-bond donors (Lipinski definition) is 1. The first-order valence-electron chi connectivity index (χ1n) is 7.04. The summed E-state index contributed by atoms with van der Waals surface area (Å²) >= 11 is 0. The molecule has 0 bridgehead atoms. The molecule has 2 rings (SSSR count). The molecule has 0 aliphatic heterocycles. The van der Waals surface area contributed by atoms with Gasteiger partial charge >= 0.3 is 5.97 Å². The molecular formula is C18H16FNO3. The molecule has 0 fully saturated rings. The van der Waals surface area contributed by atoms with Crippen molar-refractivity contribution in [2.75, 3.05) is 6.61 Å². The minimum absolute atomic E-state index is 0.362. The van der Waals surface area contributed by atoms with E-state index >= 15 is 0 Å². The highest BCUT2D eigenvalue weighted by Gasteiger charge is 2.04. The molecule has 0 saturated carbocycles. The SMILES string of the molecule is O=C(COC(=O)/C=C/c1cccc(F)c1)NCc1ccccc1. The summed E-state index contributed by atoms with van der Waals surface area (Å²) in [6.45, 7) is 0.00944. The zero-order valence-corrected chi connectivity index (χ0v) is 12.4. The molecule has 0 heterocycles. The van der Waals surface area contributed by atoms with Gasteiger partial charge in [0.15, 0.2) is 6.61 Å². The molecule has 0 radical (unpaired) electrons. The Balaban J connectivity index is 1.72. The molecule has 0 atom stereocenters. The molecule has 0 aliphatic rings. The van der Waals surface area contributed by atoms with Gasteiger partial charge in [0, 0.05) is 12.6 Å². The second-order valence-electron chi connectivity index (χ2n) is 4.76. The van der Waals surface area contributed by atoms with Crippen LogP contribution in [-0.2, 0) is 20.9 Å². The van der Waals surface area contributed by atoms with Gasteiger partial charge in [-0.3, -0.25) is 4.79 Å². The van der Waals surface area contributed by atoms with Crippen LogP contribution in [0.25, 0.3) is 6.08 Å². The molecule has 23 heavy (non-hydrogen) atoms. The molecule has 2 aromatic rings. The minimum Gasteiger partial charge on any atom is -0.452 e. The summed E-state index contributed by atoms with van der Waals surface area (Å²) in [5, 5.41) is 2.65. The van der Waals surface area contributed by atoms with Crippen molar-refractivity contribution in [2.24, 2.45) is 0 Å². The van der Waals surface area contributed by atoms with E-state index in [1.54, 1.807) is 6.07 Å². The molecule has 2 aromatic carbocycles. The second-order valence-corrected chi connectivity index (χ2v) is 4.76. The number of hydrogen-bond acceptors (Lipinski definition) is 3. The Labute approximate surface area is 133 Å². The van der Waals surface area contributed by atoms with Crippen LogP contribution in [-0.4, -0.2) is 18.5 Å². The highest BCUT2D eigenvalue weighted by molar-refractivity contribution is 5.89. The van der Waals surface area contributed by atoms with Crippen molar-refractivity contribution in [1.82, 2.24) is 5.32 Å². The lowest BCUT2D eigenvalue weighted by atomic mass is 10.2. The zero-order valence-electron chi connectivity index (χ0n) is 12.4. The van der Waals surface area contributed by atoms with E-state index in [-0.39, 0.29) is 18.3 Å². The van der Waals surface area contributed by atoms with Crippen molar-refractivity contribution in [3.05, 3.63) is 77.6 Å². The van der Waals surface area contributed by atoms with Crippen LogP contribution in [0.3, 0.4) is 0 Å². The lowest BCUT2D eigenvalue weighted by Crippen LogP contribution is -2.28.